The highest BCUT2D eigenvalue weighted by Gasteiger charge is 2.12. The summed E-state index contributed by atoms with van der Waals surface area (Å²) in [7, 11) is 0. The van der Waals surface area contributed by atoms with Crippen molar-refractivity contribution in [1.29, 1.82) is 0 Å². The number of nitrogens with two attached hydrogens (primary N) is 1. The predicted molar refractivity (Wildman–Crippen MR) is 80.9 cm³/mol. The zero-order chi connectivity index (χ0) is 13.9. The van der Waals surface area contributed by atoms with Gasteiger partial charge in [-0.25, -0.2) is 4.39 Å². The molecule has 0 spiro atoms. The molecule has 4 heteroatoms. The Kier molecular flexibility index (Phi) is 3.83. The number of fused-ring (bicyclic) bond motifs is 1. The van der Waals surface area contributed by atoms with Crippen molar-refractivity contribution in [3.8, 4) is 5.75 Å². The van der Waals surface area contributed by atoms with Gasteiger partial charge in [0.1, 0.15) is 11.6 Å². The van der Waals surface area contributed by atoms with Crippen LogP contribution in [0.5, 0.6) is 5.75 Å². The fraction of sp³-hybridized carbons (Fsp3) is 0.250. The maximum atomic E-state index is 13.6. The van der Waals surface area contributed by atoms with Crippen LogP contribution in [0.15, 0.2) is 41.3 Å². The summed E-state index contributed by atoms with van der Waals surface area (Å²) in [6.07, 6.45) is 1.91. The van der Waals surface area contributed by atoms with Crippen molar-refractivity contribution in [2.75, 3.05) is 18.1 Å². The number of halogens is 1. The molecule has 2 N–H and O–H groups in total. The Morgan fingerprint density at radius 1 is 1.20 bits per heavy atom. The van der Waals surface area contributed by atoms with Gasteiger partial charge >= 0.3 is 0 Å². The molecule has 2 aromatic carbocycles. The highest BCUT2D eigenvalue weighted by atomic mass is 32.2. The van der Waals surface area contributed by atoms with E-state index in [1.807, 2.05) is 6.07 Å². The van der Waals surface area contributed by atoms with E-state index in [0.29, 0.717) is 10.6 Å². The molecule has 0 aromatic heterocycles. The molecule has 0 unspecified atom stereocenters. The first-order valence-corrected chi connectivity index (χ1v) is 7.63. The van der Waals surface area contributed by atoms with Gasteiger partial charge in [0.15, 0.2) is 0 Å². The normalized spacial score (nSPS) is 13.1. The lowest BCUT2D eigenvalue weighted by Gasteiger charge is -2.06. The van der Waals surface area contributed by atoms with E-state index in [0.717, 1.165) is 31.0 Å². The summed E-state index contributed by atoms with van der Waals surface area (Å²) in [4.78, 5) is 0.656. The fourth-order valence-electron chi connectivity index (χ4n) is 2.31. The standard InChI is InChI=1S/C16H16FNOS/c17-14-10-13(18)2-4-16(14)20-8-6-11-1-3-15-12(9-11)5-7-19-15/h1-4,9-10H,5-8,18H2. The quantitative estimate of drug-likeness (QED) is 0.689. The van der Waals surface area contributed by atoms with Gasteiger partial charge in [0.05, 0.1) is 6.61 Å². The number of anilines is 1. The van der Waals surface area contributed by atoms with Crippen LogP contribution in [-0.2, 0) is 12.8 Å². The van der Waals surface area contributed by atoms with E-state index in [2.05, 4.69) is 12.1 Å². The Hall–Kier alpha value is -1.68. The Morgan fingerprint density at radius 3 is 2.95 bits per heavy atom. The van der Waals surface area contributed by atoms with Crippen LogP contribution in [0.4, 0.5) is 10.1 Å². The third kappa shape index (κ3) is 2.90. The van der Waals surface area contributed by atoms with Crippen LogP contribution in [0.25, 0.3) is 0 Å². The van der Waals surface area contributed by atoms with Crippen LogP contribution < -0.4 is 10.5 Å². The van der Waals surface area contributed by atoms with Crippen LogP contribution in [0, 0.1) is 5.82 Å². The van der Waals surface area contributed by atoms with E-state index in [4.69, 9.17) is 10.5 Å². The molecule has 0 radical (unpaired) electrons. The molecule has 0 aliphatic carbocycles. The molecule has 3 rings (SSSR count). The minimum absolute atomic E-state index is 0.239. The highest BCUT2D eigenvalue weighted by Crippen LogP contribution is 2.28. The largest absolute Gasteiger partial charge is 0.493 e. The van der Waals surface area contributed by atoms with Gasteiger partial charge < -0.3 is 10.5 Å². The van der Waals surface area contributed by atoms with Crippen LogP contribution >= 0.6 is 11.8 Å². The average Bonchev–Trinajstić information content (AvgIpc) is 2.89. The number of benzene rings is 2. The molecule has 20 heavy (non-hydrogen) atoms. The molecule has 0 bridgehead atoms. The summed E-state index contributed by atoms with van der Waals surface area (Å²) >= 11 is 1.52. The van der Waals surface area contributed by atoms with E-state index in [-0.39, 0.29) is 5.82 Å². The van der Waals surface area contributed by atoms with Crippen molar-refractivity contribution >= 4 is 17.4 Å². The summed E-state index contributed by atoms with van der Waals surface area (Å²) in [5, 5.41) is 0. The molecule has 1 aliphatic heterocycles. The monoisotopic (exact) mass is 289 g/mol. The molecule has 0 saturated carbocycles. The Morgan fingerprint density at radius 2 is 2.10 bits per heavy atom. The number of nitrogen functional groups attached to an aromatic ring is 1. The van der Waals surface area contributed by atoms with Gasteiger partial charge in [-0.3, -0.25) is 0 Å². The van der Waals surface area contributed by atoms with Gasteiger partial charge in [-0.15, -0.1) is 11.8 Å². The lowest BCUT2D eigenvalue weighted by Crippen LogP contribution is -1.92. The van der Waals surface area contributed by atoms with E-state index < -0.39 is 0 Å². The summed E-state index contributed by atoms with van der Waals surface area (Å²) < 4.78 is 19.1. The Bertz CT molecular complexity index is 630. The summed E-state index contributed by atoms with van der Waals surface area (Å²) in [6.45, 7) is 0.782. The molecular weight excluding hydrogens is 273 g/mol. The van der Waals surface area contributed by atoms with E-state index in [9.17, 15) is 4.39 Å². The Balaban J connectivity index is 1.60. The van der Waals surface area contributed by atoms with Gasteiger partial charge in [-0.1, -0.05) is 12.1 Å². The summed E-state index contributed by atoms with van der Waals surface area (Å²) in [5.41, 5.74) is 8.56. The van der Waals surface area contributed by atoms with Gasteiger partial charge in [-0.05, 0) is 41.8 Å². The molecule has 0 amide bonds. The maximum absolute atomic E-state index is 13.6. The van der Waals surface area contributed by atoms with Gasteiger partial charge in [0, 0.05) is 22.8 Å². The molecular formula is C16H16FNOS. The van der Waals surface area contributed by atoms with Crippen LogP contribution in [0.2, 0.25) is 0 Å². The molecule has 0 fully saturated rings. The first-order valence-electron chi connectivity index (χ1n) is 6.65. The smallest absolute Gasteiger partial charge is 0.138 e. The predicted octanol–water partition coefficient (Wildman–Crippen LogP) is 3.68. The second-order valence-corrected chi connectivity index (χ2v) is 5.97. The minimum atomic E-state index is -0.239. The number of thioether (sulfide) groups is 1. The van der Waals surface area contributed by atoms with Gasteiger partial charge in [0.2, 0.25) is 0 Å². The highest BCUT2D eigenvalue weighted by molar-refractivity contribution is 7.99. The van der Waals surface area contributed by atoms with E-state index >= 15 is 0 Å². The third-order valence-electron chi connectivity index (χ3n) is 3.36. The van der Waals surface area contributed by atoms with Crippen molar-refractivity contribution in [3.05, 3.63) is 53.3 Å². The maximum Gasteiger partial charge on any atom is 0.138 e. The molecule has 1 aliphatic rings. The van der Waals surface area contributed by atoms with Crippen LogP contribution in [0.3, 0.4) is 0 Å². The second-order valence-electron chi connectivity index (χ2n) is 4.83. The first kappa shape index (κ1) is 13.3. The average molecular weight is 289 g/mol. The number of hydrogen-bond donors (Lipinski definition) is 1. The van der Waals surface area contributed by atoms with Gasteiger partial charge in [0.25, 0.3) is 0 Å². The van der Waals surface area contributed by atoms with E-state index in [1.54, 1.807) is 12.1 Å². The number of rotatable bonds is 4. The first-order chi connectivity index (χ1) is 9.72. The molecule has 2 aromatic rings. The fourth-order valence-corrected chi connectivity index (χ4v) is 3.23. The molecule has 2 nitrogen and oxygen atoms in total. The topological polar surface area (TPSA) is 35.2 Å². The zero-order valence-electron chi connectivity index (χ0n) is 11.1. The van der Waals surface area contributed by atoms with Gasteiger partial charge in [-0.2, -0.15) is 0 Å². The molecule has 104 valence electrons. The number of hydrogen-bond acceptors (Lipinski definition) is 3. The zero-order valence-corrected chi connectivity index (χ0v) is 11.9. The second kappa shape index (κ2) is 5.75. The lowest BCUT2D eigenvalue weighted by atomic mass is 10.1. The van der Waals surface area contributed by atoms with Crippen LogP contribution in [0.1, 0.15) is 11.1 Å². The van der Waals surface area contributed by atoms with Crippen molar-refractivity contribution < 1.29 is 9.13 Å². The molecule has 0 atom stereocenters. The number of ether oxygens (including phenoxy) is 1. The summed E-state index contributed by atoms with van der Waals surface area (Å²) in [5.74, 6) is 1.61. The summed E-state index contributed by atoms with van der Waals surface area (Å²) in [6, 6.07) is 11.2. The Labute approximate surface area is 122 Å². The molecule has 1 heterocycles. The van der Waals surface area contributed by atoms with Crippen LogP contribution in [-0.4, -0.2) is 12.4 Å². The van der Waals surface area contributed by atoms with Crippen molar-refractivity contribution in [3.63, 3.8) is 0 Å². The lowest BCUT2D eigenvalue weighted by molar-refractivity contribution is 0.357. The number of aryl methyl sites for hydroxylation is 1. The van der Waals surface area contributed by atoms with E-state index in [1.165, 1.54) is 29.0 Å². The van der Waals surface area contributed by atoms with Crippen molar-refractivity contribution in [2.45, 2.75) is 17.7 Å². The SMILES string of the molecule is Nc1ccc(SCCc2ccc3c(c2)CCO3)c(F)c1. The minimum Gasteiger partial charge on any atom is -0.493 e. The van der Waals surface area contributed by atoms with Crippen molar-refractivity contribution in [2.24, 2.45) is 0 Å². The molecule has 0 saturated heterocycles. The van der Waals surface area contributed by atoms with Crippen molar-refractivity contribution in [1.82, 2.24) is 0 Å². The third-order valence-corrected chi connectivity index (χ3v) is 4.41.